The Bertz CT molecular complexity index is 345. The maximum atomic E-state index is 10.4. The number of hydrogen-bond donors (Lipinski definition) is 1. The number of carboxylic acids is 1. The van der Waals surface area contributed by atoms with Gasteiger partial charge in [0.25, 0.3) is 0 Å². The first-order valence-corrected chi connectivity index (χ1v) is 3.35. The number of aromatic nitrogens is 2. The average molecular weight is 215 g/mol. The van der Waals surface area contributed by atoms with Crippen molar-refractivity contribution in [2.45, 2.75) is 0 Å². The standard InChI is InChI=1S/C8H6N2O3.ClH/c1-2-3-13-7-5-9-6(4-10-7)8(11)12;/h1,4-5H,3H2,(H,11,12);1H. The monoisotopic (exact) mass is 214 g/mol. The van der Waals surface area contributed by atoms with Crippen molar-refractivity contribution < 1.29 is 14.6 Å². The third kappa shape index (κ3) is 3.29. The zero-order chi connectivity index (χ0) is 9.68. The number of hydrogen-bond acceptors (Lipinski definition) is 4. The molecule has 0 saturated carbocycles. The Morgan fingerprint density at radius 2 is 2.29 bits per heavy atom. The highest BCUT2D eigenvalue weighted by Crippen LogP contribution is 2.03. The van der Waals surface area contributed by atoms with Crippen LogP contribution in [0.1, 0.15) is 10.5 Å². The van der Waals surface area contributed by atoms with Gasteiger partial charge in [0.15, 0.2) is 12.3 Å². The molecule has 1 rings (SSSR count). The summed E-state index contributed by atoms with van der Waals surface area (Å²) in [6.45, 7) is 0.0844. The number of nitrogens with zero attached hydrogens (tertiary/aromatic N) is 2. The number of carboxylic acid groups (broad SMARTS) is 1. The zero-order valence-electron chi connectivity index (χ0n) is 7.01. The molecule has 0 bridgehead atoms. The SMILES string of the molecule is C#CCOc1cnc(C(=O)O)cn1.Cl. The molecule has 0 aliphatic heterocycles. The quantitative estimate of drug-likeness (QED) is 0.747. The van der Waals surface area contributed by atoms with E-state index in [2.05, 4.69) is 15.9 Å². The molecule has 1 N–H and O–H groups in total. The van der Waals surface area contributed by atoms with Crippen molar-refractivity contribution in [2.75, 3.05) is 6.61 Å². The van der Waals surface area contributed by atoms with Crippen molar-refractivity contribution in [1.29, 1.82) is 0 Å². The Morgan fingerprint density at radius 3 is 2.71 bits per heavy atom. The Morgan fingerprint density at radius 1 is 1.57 bits per heavy atom. The summed E-state index contributed by atoms with van der Waals surface area (Å²) < 4.78 is 4.89. The van der Waals surface area contributed by atoms with Crippen molar-refractivity contribution >= 4 is 18.4 Å². The highest BCUT2D eigenvalue weighted by Gasteiger charge is 2.04. The van der Waals surface area contributed by atoms with E-state index in [4.69, 9.17) is 16.3 Å². The molecule has 74 valence electrons. The lowest BCUT2D eigenvalue weighted by Crippen LogP contribution is -2.02. The molecule has 0 atom stereocenters. The van der Waals surface area contributed by atoms with Crippen LogP contribution in [-0.2, 0) is 0 Å². The molecule has 1 aromatic rings. The molecule has 14 heavy (non-hydrogen) atoms. The Kier molecular flexibility index (Phi) is 5.04. The average Bonchev–Trinajstić information content (AvgIpc) is 2.15. The van der Waals surface area contributed by atoms with Crippen LogP contribution in [-0.4, -0.2) is 27.7 Å². The maximum absolute atomic E-state index is 10.4. The molecular formula is C8H7ClN2O3. The first-order chi connectivity index (χ1) is 6.24. The lowest BCUT2D eigenvalue weighted by Gasteiger charge is -1.99. The minimum absolute atomic E-state index is 0. The Balaban J connectivity index is 0.00000169. The van der Waals surface area contributed by atoms with Crippen LogP contribution in [0.15, 0.2) is 12.4 Å². The first kappa shape index (κ1) is 12.2. The molecule has 1 heterocycles. The summed E-state index contributed by atoms with van der Waals surface area (Å²) in [4.78, 5) is 17.6. The minimum Gasteiger partial charge on any atom is -0.476 e. The summed E-state index contributed by atoms with van der Waals surface area (Å²) >= 11 is 0. The summed E-state index contributed by atoms with van der Waals surface area (Å²) in [5, 5.41) is 8.48. The molecule has 0 spiro atoms. The van der Waals surface area contributed by atoms with Gasteiger partial charge in [-0.05, 0) is 0 Å². The van der Waals surface area contributed by atoms with Gasteiger partial charge in [0.1, 0.15) is 0 Å². The fraction of sp³-hybridized carbons (Fsp3) is 0.125. The zero-order valence-corrected chi connectivity index (χ0v) is 7.82. The van der Waals surface area contributed by atoms with Crippen LogP contribution in [0, 0.1) is 12.3 Å². The smallest absolute Gasteiger partial charge is 0.356 e. The second-order valence-corrected chi connectivity index (χ2v) is 2.04. The lowest BCUT2D eigenvalue weighted by atomic mass is 10.5. The van der Waals surface area contributed by atoms with Gasteiger partial charge in [0.05, 0.1) is 12.4 Å². The van der Waals surface area contributed by atoms with Crippen LogP contribution in [0.2, 0.25) is 0 Å². The molecule has 0 fully saturated rings. The van der Waals surface area contributed by atoms with E-state index in [1.807, 2.05) is 0 Å². The summed E-state index contributed by atoms with van der Waals surface area (Å²) in [7, 11) is 0. The van der Waals surface area contributed by atoms with Crippen molar-refractivity contribution in [3.05, 3.63) is 18.1 Å². The molecule has 0 aliphatic carbocycles. The van der Waals surface area contributed by atoms with E-state index in [0.717, 1.165) is 6.20 Å². The van der Waals surface area contributed by atoms with Gasteiger partial charge in [-0.25, -0.2) is 14.8 Å². The van der Waals surface area contributed by atoms with Crippen LogP contribution in [0.4, 0.5) is 0 Å². The van der Waals surface area contributed by atoms with Gasteiger partial charge in [0, 0.05) is 0 Å². The highest BCUT2D eigenvalue weighted by molar-refractivity contribution is 5.85. The van der Waals surface area contributed by atoms with Gasteiger partial charge < -0.3 is 9.84 Å². The molecule has 0 saturated heterocycles. The number of rotatable bonds is 3. The maximum Gasteiger partial charge on any atom is 0.356 e. The van der Waals surface area contributed by atoms with Gasteiger partial charge >= 0.3 is 5.97 Å². The Labute approximate surface area is 86.6 Å². The lowest BCUT2D eigenvalue weighted by molar-refractivity contribution is 0.0690. The molecular weight excluding hydrogens is 208 g/mol. The second kappa shape index (κ2) is 5.78. The third-order valence-corrected chi connectivity index (χ3v) is 1.15. The molecule has 0 aromatic carbocycles. The number of ether oxygens (including phenoxy) is 1. The van der Waals surface area contributed by atoms with Crippen molar-refractivity contribution in [1.82, 2.24) is 9.97 Å². The normalized spacial score (nSPS) is 8.21. The number of carbonyl (C=O) groups is 1. The van der Waals surface area contributed by atoms with Crippen molar-refractivity contribution in [2.24, 2.45) is 0 Å². The van der Waals surface area contributed by atoms with Crippen molar-refractivity contribution in [3.63, 3.8) is 0 Å². The van der Waals surface area contributed by atoms with E-state index in [-0.39, 0.29) is 30.6 Å². The van der Waals surface area contributed by atoms with Gasteiger partial charge in [-0.3, -0.25) is 0 Å². The van der Waals surface area contributed by atoms with E-state index >= 15 is 0 Å². The molecule has 5 nitrogen and oxygen atoms in total. The topological polar surface area (TPSA) is 72.3 Å². The molecule has 1 aromatic heterocycles. The largest absolute Gasteiger partial charge is 0.476 e. The van der Waals surface area contributed by atoms with Crippen LogP contribution in [0.5, 0.6) is 5.88 Å². The predicted octanol–water partition coefficient (Wildman–Crippen LogP) is 0.609. The molecule has 0 unspecified atom stereocenters. The molecule has 6 heteroatoms. The molecule has 0 amide bonds. The summed E-state index contributed by atoms with van der Waals surface area (Å²) in [5.74, 6) is 1.33. The van der Waals surface area contributed by atoms with Crippen LogP contribution >= 0.6 is 12.4 Å². The molecule has 0 aliphatic rings. The van der Waals surface area contributed by atoms with E-state index in [0.29, 0.717) is 0 Å². The Hall–Kier alpha value is -1.80. The van der Waals surface area contributed by atoms with E-state index in [1.165, 1.54) is 6.20 Å². The van der Waals surface area contributed by atoms with Crippen LogP contribution in [0.25, 0.3) is 0 Å². The van der Waals surface area contributed by atoms with Crippen LogP contribution < -0.4 is 4.74 Å². The minimum atomic E-state index is -1.13. The summed E-state index contributed by atoms with van der Waals surface area (Å²) in [6.07, 6.45) is 7.25. The fourth-order valence-corrected chi connectivity index (χ4v) is 0.617. The number of halogens is 1. The number of terminal acetylenes is 1. The van der Waals surface area contributed by atoms with E-state index < -0.39 is 5.97 Å². The predicted molar refractivity (Wildman–Crippen MR) is 50.6 cm³/mol. The van der Waals surface area contributed by atoms with Gasteiger partial charge in [0.2, 0.25) is 5.88 Å². The summed E-state index contributed by atoms with van der Waals surface area (Å²) in [5.41, 5.74) is -0.131. The fourth-order valence-electron chi connectivity index (χ4n) is 0.617. The molecule has 0 radical (unpaired) electrons. The number of aromatic carboxylic acids is 1. The van der Waals surface area contributed by atoms with Gasteiger partial charge in [-0.15, -0.1) is 18.8 Å². The van der Waals surface area contributed by atoms with Gasteiger partial charge in [-0.2, -0.15) is 0 Å². The second-order valence-electron chi connectivity index (χ2n) is 2.04. The third-order valence-electron chi connectivity index (χ3n) is 1.15. The highest BCUT2D eigenvalue weighted by atomic mass is 35.5. The van der Waals surface area contributed by atoms with Gasteiger partial charge in [-0.1, -0.05) is 5.92 Å². The summed E-state index contributed by atoms with van der Waals surface area (Å²) in [6, 6.07) is 0. The van der Waals surface area contributed by atoms with Crippen LogP contribution in [0.3, 0.4) is 0 Å². The van der Waals surface area contributed by atoms with E-state index in [1.54, 1.807) is 0 Å². The van der Waals surface area contributed by atoms with Crippen molar-refractivity contribution in [3.8, 4) is 18.2 Å². The van der Waals surface area contributed by atoms with E-state index in [9.17, 15) is 4.79 Å². The first-order valence-electron chi connectivity index (χ1n) is 3.35.